The fraction of sp³-hybridized carbons (Fsp3) is 0.316. The molecule has 10 heteroatoms. The van der Waals surface area contributed by atoms with Crippen LogP contribution in [0.25, 0.3) is 0 Å². The highest BCUT2D eigenvalue weighted by Gasteiger charge is 2.40. The van der Waals surface area contributed by atoms with E-state index in [2.05, 4.69) is 5.32 Å². The zero-order valence-electron chi connectivity index (χ0n) is 15.8. The Kier molecular flexibility index (Phi) is 6.14. The number of nitrogens with zero attached hydrogens (tertiary/aromatic N) is 2. The number of nitro groups is 1. The Bertz CT molecular complexity index is 1020. The van der Waals surface area contributed by atoms with Crippen molar-refractivity contribution in [1.82, 2.24) is 4.31 Å². The van der Waals surface area contributed by atoms with Gasteiger partial charge in [-0.15, -0.1) is 0 Å². The molecule has 1 aliphatic rings. The van der Waals surface area contributed by atoms with Gasteiger partial charge in [-0.1, -0.05) is 24.6 Å². The summed E-state index contributed by atoms with van der Waals surface area (Å²) in [6.07, 6.45) is 1.58. The number of nitro benzene ring substituents is 1. The first-order valence-electron chi connectivity index (χ1n) is 9.05. The van der Waals surface area contributed by atoms with Gasteiger partial charge in [-0.2, -0.15) is 4.31 Å². The van der Waals surface area contributed by atoms with Crippen LogP contribution in [0, 0.1) is 10.1 Å². The maximum absolute atomic E-state index is 13.2. The van der Waals surface area contributed by atoms with E-state index >= 15 is 0 Å². The predicted molar refractivity (Wildman–Crippen MR) is 106 cm³/mol. The Morgan fingerprint density at radius 2 is 1.97 bits per heavy atom. The van der Waals surface area contributed by atoms with Gasteiger partial charge in [-0.05, 0) is 31.0 Å². The third-order valence-electron chi connectivity index (χ3n) is 4.74. The lowest BCUT2D eigenvalue weighted by Gasteiger charge is -2.33. The normalized spacial score (nSPS) is 17.5. The van der Waals surface area contributed by atoms with Crippen molar-refractivity contribution in [3.05, 3.63) is 58.6 Å². The highest BCUT2D eigenvalue weighted by molar-refractivity contribution is 7.89. The summed E-state index contributed by atoms with van der Waals surface area (Å²) >= 11 is 0. The van der Waals surface area contributed by atoms with Crippen LogP contribution in [0.4, 0.5) is 11.4 Å². The zero-order valence-corrected chi connectivity index (χ0v) is 16.6. The molecular formula is C19H21N3O6S. The second kappa shape index (κ2) is 8.58. The topological polar surface area (TPSA) is 119 Å². The largest absolute Gasteiger partial charge is 0.497 e. The van der Waals surface area contributed by atoms with E-state index in [9.17, 15) is 23.3 Å². The van der Waals surface area contributed by atoms with Crippen molar-refractivity contribution in [3.63, 3.8) is 0 Å². The molecule has 3 rings (SSSR count). The first-order chi connectivity index (χ1) is 13.8. The summed E-state index contributed by atoms with van der Waals surface area (Å²) in [6, 6.07) is 10.9. The summed E-state index contributed by atoms with van der Waals surface area (Å²) in [5.74, 6) is 0.0657. The van der Waals surface area contributed by atoms with E-state index in [1.54, 1.807) is 24.3 Å². The molecular weight excluding hydrogens is 398 g/mol. The lowest BCUT2D eigenvalue weighted by atomic mass is 10.0. The molecule has 0 radical (unpaired) electrons. The van der Waals surface area contributed by atoms with Crippen LogP contribution in [0.2, 0.25) is 0 Å². The molecule has 29 heavy (non-hydrogen) atoms. The van der Waals surface area contributed by atoms with Gasteiger partial charge >= 0.3 is 0 Å². The summed E-state index contributed by atoms with van der Waals surface area (Å²) in [6.45, 7) is 0.116. The molecule has 0 aliphatic carbocycles. The van der Waals surface area contributed by atoms with Crippen molar-refractivity contribution < 1.29 is 22.9 Å². The van der Waals surface area contributed by atoms with Crippen LogP contribution in [0.5, 0.6) is 5.75 Å². The van der Waals surface area contributed by atoms with Crippen molar-refractivity contribution >= 4 is 27.3 Å². The molecule has 0 bridgehead atoms. The second-order valence-corrected chi connectivity index (χ2v) is 8.43. The third-order valence-corrected chi connectivity index (χ3v) is 6.70. The zero-order chi connectivity index (χ0) is 21.0. The Morgan fingerprint density at radius 1 is 1.21 bits per heavy atom. The first-order valence-corrected chi connectivity index (χ1v) is 10.5. The van der Waals surface area contributed by atoms with Crippen LogP contribution >= 0.6 is 0 Å². The number of rotatable bonds is 6. The van der Waals surface area contributed by atoms with Gasteiger partial charge in [-0.25, -0.2) is 8.42 Å². The molecule has 1 atom stereocenters. The van der Waals surface area contributed by atoms with E-state index in [1.807, 2.05) is 0 Å². The molecule has 1 N–H and O–H groups in total. The molecule has 0 aromatic heterocycles. The minimum absolute atomic E-state index is 0.116. The molecule has 9 nitrogen and oxygen atoms in total. The van der Waals surface area contributed by atoms with Gasteiger partial charge in [0.2, 0.25) is 5.91 Å². The lowest BCUT2D eigenvalue weighted by molar-refractivity contribution is -0.387. The number of piperidine rings is 1. The molecule has 1 saturated heterocycles. The number of methoxy groups -OCH3 is 1. The molecule has 0 unspecified atom stereocenters. The number of para-hydroxylation sites is 1. The quantitative estimate of drug-likeness (QED) is 0.568. The van der Waals surface area contributed by atoms with Gasteiger partial charge in [-0.3, -0.25) is 14.9 Å². The smallest absolute Gasteiger partial charge is 0.289 e. The van der Waals surface area contributed by atoms with Crippen molar-refractivity contribution in [2.24, 2.45) is 0 Å². The molecule has 1 aliphatic heterocycles. The fourth-order valence-corrected chi connectivity index (χ4v) is 5.15. The predicted octanol–water partition coefficient (Wildman–Crippen LogP) is 2.79. The summed E-state index contributed by atoms with van der Waals surface area (Å²) in [4.78, 5) is 23.0. The van der Waals surface area contributed by atoms with Crippen LogP contribution in [0.1, 0.15) is 19.3 Å². The monoisotopic (exact) mass is 419 g/mol. The molecule has 1 amide bonds. The van der Waals surface area contributed by atoms with E-state index in [0.717, 1.165) is 10.4 Å². The molecule has 1 heterocycles. The highest BCUT2D eigenvalue weighted by atomic mass is 32.2. The molecule has 2 aromatic rings. The van der Waals surface area contributed by atoms with Crippen LogP contribution in [0.15, 0.2) is 53.4 Å². The van der Waals surface area contributed by atoms with Gasteiger partial charge in [0.25, 0.3) is 15.7 Å². The van der Waals surface area contributed by atoms with Gasteiger partial charge < -0.3 is 10.1 Å². The Hall–Kier alpha value is -2.98. The first kappa shape index (κ1) is 20.7. The summed E-state index contributed by atoms with van der Waals surface area (Å²) in [7, 11) is -2.73. The number of amides is 1. The van der Waals surface area contributed by atoms with Crippen LogP contribution in [0.3, 0.4) is 0 Å². The Balaban J connectivity index is 1.91. The number of hydrogen-bond acceptors (Lipinski definition) is 6. The number of anilines is 1. The van der Waals surface area contributed by atoms with E-state index < -0.39 is 37.5 Å². The summed E-state index contributed by atoms with van der Waals surface area (Å²) < 4.78 is 32.6. The van der Waals surface area contributed by atoms with Gasteiger partial charge in [0.15, 0.2) is 4.90 Å². The maximum Gasteiger partial charge on any atom is 0.289 e. The molecule has 0 saturated carbocycles. The average Bonchev–Trinajstić information content (AvgIpc) is 2.73. The number of ether oxygens (including phenoxy) is 1. The van der Waals surface area contributed by atoms with Crippen molar-refractivity contribution in [3.8, 4) is 5.75 Å². The minimum atomic E-state index is -4.23. The maximum atomic E-state index is 13.2. The Labute approximate surface area is 168 Å². The SMILES string of the molecule is COc1cccc(NC(=O)[C@H]2CCCCN2S(=O)(=O)c2ccccc2[N+](=O)[O-])c1. The minimum Gasteiger partial charge on any atom is -0.497 e. The number of benzene rings is 2. The van der Waals surface area contributed by atoms with Gasteiger partial charge in [0.1, 0.15) is 11.8 Å². The Morgan fingerprint density at radius 3 is 2.69 bits per heavy atom. The van der Waals surface area contributed by atoms with Crippen molar-refractivity contribution in [2.75, 3.05) is 19.0 Å². The van der Waals surface area contributed by atoms with E-state index in [-0.39, 0.29) is 6.54 Å². The fourth-order valence-electron chi connectivity index (χ4n) is 3.33. The average molecular weight is 419 g/mol. The molecule has 2 aromatic carbocycles. The molecule has 1 fully saturated rings. The van der Waals surface area contributed by atoms with Crippen LogP contribution in [-0.4, -0.2) is 43.2 Å². The third kappa shape index (κ3) is 4.38. The summed E-state index contributed by atoms with van der Waals surface area (Å²) in [5.41, 5.74) is -0.0343. The molecule has 0 spiro atoms. The summed E-state index contributed by atoms with van der Waals surface area (Å²) in [5, 5.41) is 14.0. The lowest BCUT2D eigenvalue weighted by Crippen LogP contribution is -2.49. The standard InChI is InChI=1S/C19H21N3O6S/c1-28-15-8-6-7-14(13-15)20-19(23)17-10-4-5-12-21(17)29(26,27)18-11-3-2-9-16(18)22(24)25/h2-3,6-9,11,13,17H,4-5,10,12H2,1H3,(H,20,23)/t17-/m1/s1. The highest BCUT2D eigenvalue weighted by Crippen LogP contribution is 2.31. The van der Waals surface area contributed by atoms with E-state index in [1.165, 1.54) is 25.3 Å². The van der Waals surface area contributed by atoms with E-state index in [4.69, 9.17) is 4.74 Å². The van der Waals surface area contributed by atoms with Crippen molar-refractivity contribution in [1.29, 1.82) is 0 Å². The number of nitrogens with one attached hydrogen (secondary N) is 1. The number of carbonyl (C=O) groups is 1. The van der Waals surface area contributed by atoms with Crippen LogP contribution < -0.4 is 10.1 Å². The second-order valence-electron chi connectivity index (χ2n) is 6.57. The number of carbonyl (C=O) groups excluding carboxylic acids is 1. The van der Waals surface area contributed by atoms with Gasteiger partial charge in [0.05, 0.1) is 12.0 Å². The molecule has 154 valence electrons. The number of sulfonamides is 1. The number of hydrogen-bond donors (Lipinski definition) is 1. The van der Waals surface area contributed by atoms with Crippen molar-refractivity contribution in [2.45, 2.75) is 30.2 Å². The van der Waals surface area contributed by atoms with Gasteiger partial charge in [0, 0.05) is 24.4 Å². The van der Waals surface area contributed by atoms with E-state index in [0.29, 0.717) is 30.7 Å². The van der Waals surface area contributed by atoms with Crippen LogP contribution in [-0.2, 0) is 14.8 Å².